The normalized spacial score (nSPS) is 15.3. The van der Waals surface area contributed by atoms with Crippen LogP contribution in [0.15, 0.2) is 18.2 Å². The summed E-state index contributed by atoms with van der Waals surface area (Å²) in [5, 5.41) is 7.17. The first-order chi connectivity index (χ1) is 10.1. The van der Waals surface area contributed by atoms with Gasteiger partial charge in [0.15, 0.2) is 5.11 Å². The molecule has 4 nitrogen and oxygen atoms in total. The van der Waals surface area contributed by atoms with Gasteiger partial charge in [0, 0.05) is 11.7 Å². The van der Waals surface area contributed by atoms with E-state index in [1.807, 2.05) is 19.1 Å². The third-order valence-electron chi connectivity index (χ3n) is 3.93. The number of benzene rings is 1. The molecule has 1 fully saturated rings. The molecular formula is C16H22N2O2S. The molecule has 0 saturated heterocycles. The third kappa shape index (κ3) is 4.17. The highest BCUT2D eigenvalue weighted by Crippen LogP contribution is 2.21. The summed E-state index contributed by atoms with van der Waals surface area (Å²) >= 11 is 5.38. The fourth-order valence-corrected chi connectivity index (χ4v) is 2.97. The van der Waals surface area contributed by atoms with Crippen molar-refractivity contribution in [3.8, 4) is 0 Å². The monoisotopic (exact) mass is 306 g/mol. The first-order valence-corrected chi connectivity index (χ1v) is 7.78. The molecular weight excluding hydrogens is 284 g/mol. The van der Waals surface area contributed by atoms with Crippen molar-refractivity contribution < 1.29 is 9.53 Å². The van der Waals surface area contributed by atoms with Crippen molar-refractivity contribution in [1.82, 2.24) is 5.32 Å². The Labute approximate surface area is 131 Å². The van der Waals surface area contributed by atoms with E-state index in [2.05, 4.69) is 10.6 Å². The van der Waals surface area contributed by atoms with E-state index in [0.717, 1.165) is 11.3 Å². The highest BCUT2D eigenvalue weighted by molar-refractivity contribution is 7.80. The van der Waals surface area contributed by atoms with E-state index >= 15 is 0 Å². The Morgan fingerprint density at radius 2 is 2.00 bits per heavy atom. The van der Waals surface area contributed by atoms with Crippen molar-refractivity contribution in [2.45, 2.75) is 45.1 Å². The van der Waals surface area contributed by atoms with Crippen molar-refractivity contribution in [3.05, 3.63) is 29.3 Å². The van der Waals surface area contributed by atoms with Crippen LogP contribution in [0.25, 0.3) is 0 Å². The van der Waals surface area contributed by atoms with Gasteiger partial charge in [0.2, 0.25) is 0 Å². The third-order valence-corrected chi connectivity index (χ3v) is 4.15. The predicted molar refractivity (Wildman–Crippen MR) is 88.7 cm³/mol. The van der Waals surface area contributed by atoms with Crippen molar-refractivity contribution in [2.75, 3.05) is 12.4 Å². The van der Waals surface area contributed by atoms with E-state index in [9.17, 15) is 4.79 Å². The molecule has 114 valence electrons. The molecule has 2 rings (SSSR count). The van der Waals surface area contributed by atoms with Crippen LogP contribution in [0.1, 0.15) is 48.0 Å². The predicted octanol–water partition coefficient (Wildman–Crippen LogP) is 3.40. The van der Waals surface area contributed by atoms with Gasteiger partial charge in [-0.2, -0.15) is 0 Å². The minimum atomic E-state index is -0.331. The highest BCUT2D eigenvalue weighted by atomic mass is 32.1. The van der Waals surface area contributed by atoms with Crippen molar-refractivity contribution in [3.63, 3.8) is 0 Å². The van der Waals surface area contributed by atoms with Crippen LogP contribution in [0.3, 0.4) is 0 Å². The fraction of sp³-hybridized carbons (Fsp3) is 0.500. The smallest absolute Gasteiger partial charge is 0.338 e. The number of nitrogens with one attached hydrogen (secondary N) is 2. The summed E-state index contributed by atoms with van der Waals surface area (Å²) in [7, 11) is 1.39. The molecule has 0 aromatic heterocycles. The van der Waals surface area contributed by atoms with Crippen LogP contribution in [0.2, 0.25) is 0 Å². The zero-order valence-corrected chi connectivity index (χ0v) is 13.4. The maximum Gasteiger partial charge on any atom is 0.338 e. The van der Waals surface area contributed by atoms with Crippen molar-refractivity contribution >= 4 is 29.0 Å². The minimum Gasteiger partial charge on any atom is -0.465 e. The molecule has 1 aromatic rings. The van der Waals surface area contributed by atoms with Crippen LogP contribution < -0.4 is 10.6 Å². The summed E-state index contributed by atoms with van der Waals surface area (Å²) in [4.78, 5) is 11.7. The lowest BCUT2D eigenvalue weighted by molar-refractivity contribution is 0.0600. The van der Waals surface area contributed by atoms with Gasteiger partial charge in [0.25, 0.3) is 0 Å². The molecule has 0 bridgehead atoms. The summed E-state index contributed by atoms with van der Waals surface area (Å²) < 4.78 is 4.78. The number of carbonyl (C=O) groups is 1. The maximum absolute atomic E-state index is 11.7. The van der Waals surface area contributed by atoms with Gasteiger partial charge in [-0.05, 0) is 49.7 Å². The van der Waals surface area contributed by atoms with Crippen LogP contribution in [-0.4, -0.2) is 24.2 Å². The van der Waals surface area contributed by atoms with E-state index in [-0.39, 0.29) is 5.97 Å². The molecule has 0 unspecified atom stereocenters. The van der Waals surface area contributed by atoms with Gasteiger partial charge < -0.3 is 15.4 Å². The molecule has 1 aromatic carbocycles. The average molecular weight is 306 g/mol. The summed E-state index contributed by atoms with van der Waals surface area (Å²) in [6, 6.07) is 5.95. The van der Waals surface area contributed by atoms with E-state index in [1.165, 1.54) is 39.2 Å². The van der Waals surface area contributed by atoms with Crippen LogP contribution >= 0.6 is 12.2 Å². The second kappa shape index (κ2) is 7.41. The Balaban J connectivity index is 2.01. The Kier molecular flexibility index (Phi) is 5.56. The largest absolute Gasteiger partial charge is 0.465 e. The van der Waals surface area contributed by atoms with Crippen LogP contribution in [-0.2, 0) is 4.74 Å². The fourth-order valence-electron chi connectivity index (χ4n) is 2.69. The molecule has 1 aliphatic rings. The number of rotatable bonds is 3. The van der Waals surface area contributed by atoms with Gasteiger partial charge in [-0.15, -0.1) is 0 Å². The Hall–Kier alpha value is -1.62. The molecule has 0 amide bonds. The molecule has 0 aliphatic heterocycles. The quantitative estimate of drug-likeness (QED) is 0.662. The van der Waals surface area contributed by atoms with Gasteiger partial charge in [0.1, 0.15) is 0 Å². The molecule has 0 heterocycles. The standard InChI is InChI=1S/C16H22N2O2S/c1-11-13(15(19)20-2)9-6-10-14(11)18-16(21)17-12-7-4-3-5-8-12/h6,9-10,12H,3-5,7-8H2,1-2H3,(H2,17,18,21). The van der Waals surface area contributed by atoms with E-state index < -0.39 is 0 Å². The SMILES string of the molecule is COC(=O)c1cccc(NC(=S)NC2CCCCC2)c1C. The zero-order chi connectivity index (χ0) is 15.2. The average Bonchev–Trinajstić information content (AvgIpc) is 2.49. The number of hydrogen-bond donors (Lipinski definition) is 2. The van der Waals surface area contributed by atoms with Gasteiger partial charge in [-0.25, -0.2) is 4.79 Å². The van der Waals surface area contributed by atoms with Gasteiger partial charge in [-0.3, -0.25) is 0 Å². The Morgan fingerprint density at radius 3 is 2.67 bits per heavy atom. The van der Waals surface area contributed by atoms with Crippen LogP contribution in [0, 0.1) is 6.92 Å². The minimum absolute atomic E-state index is 0.331. The molecule has 2 N–H and O–H groups in total. The first kappa shape index (κ1) is 15.8. The number of hydrogen-bond acceptors (Lipinski definition) is 3. The summed E-state index contributed by atoms with van der Waals surface area (Å²) in [5.41, 5.74) is 2.24. The first-order valence-electron chi connectivity index (χ1n) is 7.37. The Bertz CT molecular complexity index is 525. The number of carbonyl (C=O) groups excluding carboxylic acids is 1. The second-order valence-electron chi connectivity index (χ2n) is 5.40. The lowest BCUT2D eigenvalue weighted by Crippen LogP contribution is -2.39. The number of esters is 1. The summed E-state index contributed by atoms with van der Waals surface area (Å²) in [5.74, 6) is -0.331. The summed E-state index contributed by atoms with van der Waals surface area (Å²) in [6.45, 7) is 1.89. The number of ether oxygens (including phenoxy) is 1. The maximum atomic E-state index is 11.7. The molecule has 21 heavy (non-hydrogen) atoms. The number of anilines is 1. The molecule has 0 spiro atoms. The Morgan fingerprint density at radius 1 is 1.29 bits per heavy atom. The topological polar surface area (TPSA) is 50.4 Å². The van der Waals surface area contributed by atoms with Crippen molar-refractivity contribution in [1.29, 1.82) is 0 Å². The van der Waals surface area contributed by atoms with E-state index in [4.69, 9.17) is 17.0 Å². The second-order valence-corrected chi connectivity index (χ2v) is 5.81. The lowest BCUT2D eigenvalue weighted by atomic mass is 9.96. The number of methoxy groups -OCH3 is 1. The molecule has 1 saturated carbocycles. The van der Waals surface area contributed by atoms with E-state index in [1.54, 1.807) is 6.07 Å². The molecule has 0 radical (unpaired) electrons. The highest BCUT2D eigenvalue weighted by Gasteiger charge is 2.16. The number of thiocarbonyl (C=S) groups is 1. The zero-order valence-electron chi connectivity index (χ0n) is 12.6. The molecule has 5 heteroatoms. The van der Waals surface area contributed by atoms with Gasteiger partial charge >= 0.3 is 5.97 Å². The van der Waals surface area contributed by atoms with Crippen molar-refractivity contribution in [2.24, 2.45) is 0 Å². The van der Waals surface area contributed by atoms with Crippen LogP contribution in [0.5, 0.6) is 0 Å². The van der Waals surface area contributed by atoms with E-state index in [0.29, 0.717) is 16.7 Å². The lowest BCUT2D eigenvalue weighted by Gasteiger charge is -2.24. The van der Waals surface area contributed by atoms with Gasteiger partial charge in [0.05, 0.1) is 12.7 Å². The molecule has 1 aliphatic carbocycles. The summed E-state index contributed by atoms with van der Waals surface area (Å²) in [6.07, 6.45) is 6.18. The molecule has 0 atom stereocenters. The van der Waals surface area contributed by atoms with Gasteiger partial charge in [-0.1, -0.05) is 25.3 Å². The van der Waals surface area contributed by atoms with Crippen LogP contribution in [0.4, 0.5) is 5.69 Å².